The van der Waals surface area contributed by atoms with Crippen molar-refractivity contribution in [3.05, 3.63) is 0 Å². The molecule has 0 spiro atoms. The van der Waals surface area contributed by atoms with Gasteiger partial charge in [-0.1, -0.05) is 12.2 Å². The predicted octanol–water partition coefficient (Wildman–Crippen LogP) is 0.755. The Morgan fingerprint density at radius 1 is 1.50 bits per heavy atom. The lowest BCUT2D eigenvalue weighted by molar-refractivity contribution is 0.266. The highest BCUT2D eigenvalue weighted by Crippen LogP contribution is 2.06. The van der Waals surface area contributed by atoms with Crippen LogP contribution in [-0.2, 0) is 0 Å². The monoisotopic (exact) mass is 194 g/mol. The molecular weight excluding hydrogens is 184 g/mol. The van der Waals surface area contributed by atoms with E-state index in [1.807, 2.05) is 11.8 Å². The average Bonchev–Trinajstić information content (AvgIpc) is 1.88. The molecule has 1 saturated heterocycles. The lowest BCUT2D eigenvalue weighted by Gasteiger charge is -2.26. The van der Waals surface area contributed by atoms with Crippen LogP contribution in [-0.4, -0.2) is 33.9 Å². The molecule has 0 unspecified atom stereocenters. The number of hydrogen-bond acceptors (Lipinski definition) is 3. The summed E-state index contributed by atoms with van der Waals surface area (Å²) in [4.78, 5) is 0. The van der Waals surface area contributed by atoms with E-state index < -0.39 is 0 Å². The Labute approximate surface area is 76.1 Å². The van der Waals surface area contributed by atoms with Crippen LogP contribution in [0.4, 0.5) is 0 Å². The summed E-state index contributed by atoms with van der Waals surface area (Å²) in [7, 11) is 0. The number of thiol groups is 1. The van der Waals surface area contributed by atoms with E-state index in [1.165, 1.54) is 11.5 Å². The maximum Gasteiger partial charge on any atom is 0.145 e. The highest BCUT2D eigenvalue weighted by atomic mass is 32.2. The van der Waals surface area contributed by atoms with Gasteiger partial charge >= 0.3 is 0 Å². The van der Waals surface area contributed by atoms with Crippen molar-refractivity contribution in [3.8, 4) is 0 Å². The van der Waals surface area contributed by atoms with Crippen molar-refractivity contribution in [2.45, 2.75) is 0 Å². The van der Waals surface area contributed by atoms with Crippen LogP contribution in [0.15, 0.2) is 0 Å². The van der Waals surface area contributed by atoms with Crippen LogP contribution in [0.25, 0.3) is 0 Å². The molecule has 5 heteroatoms. The standard InChI is InChI=1S/C5H10N2S3/c8-5(9)6-7-1-3-10-4-2-7/h1-4H2,(H2,6,8,9). The summed E-state index contributed by atoms with van der Waals surface area (Å²) in [6, 6.07) is 0. The van der Waals surface area contributed by atoms with Gasteiger partial charge in [0.05, 0.1) is 0 Å². The molecule has 1 rings (SSSR count). The van der Waals surface area contributed by atoms with Gasteiger partial charge in [0.25, 0.3) is 0 Å². The number of nitrogens with zero attached hydrogens (tertiary/aromatic N) is 1. The van der Waals surface area contributed by atoms with E-state index in [-0.39, 0.29) is 0 Å². The molecule has 1 aliphatic heterocycles. The zero-order valence-corrected chi connectivity index (χ0v) is 8.07. The Morgan fingerprint density at radius 2 is 2.10 bits per heavy atom. The van der Waals surface area contributed by atoms with E-state index in [4.69, 9.17) is 12.2 Å². The SMILES string of the molecule is S=C(S)NN1CCSCC1. The molecule has 1 N–H and O–H groups in total. The smallest absolute Gasteiger partial charge is 0.145 e. The second-order valence-electron chi connectivity index (χ2n) is 2.02. The van der Waals surface area contributed by atoms with Gasteiger partial charge in [0, 0.05) is 24.6 Å². The molecule has 0 bridgehead atoms. The van der Waals surface area contributed by atoms with E-state index in [2.05, 4.69) is 23.1 Å². The molecule has 1 fully saturated rings. The summed E-state index contributed by atoms with van der Waals surface area (Å²) in [5.41, 5.74) is 3.00. The number of thiocarbonyl (C=S) groups is 1. The van der Waals surface area contributed by atoms with Gasteiger partial charge in [0.1, 0.15) is 4.32 Å². The Kier molecular flexibility index (Phi) is 3.83. The van der Waals surface area contributed by atoms with Crippen molar-refractivity contribution < 1.29 is 0 Å². The van der Waals surface area contributed by atoms with Crippen molar-refractivity contribution >= 4 is 40.9 Å². The zero-order valence-electron chi connectivity index (χ0n) is 5.54. The summed E-state index contributed by atoms with van der Waals surface area (Å²) in [6.45, 7) is 2.12. The van der Waals surface area contributed by atoms with Gasteiger partial charge in [-0.25, -0.2) is 5.01 Å². The Hall–Kier alpha value is 0.550. The molecule has 0 radical (unpaired) electrons. The van der Waals surface area contributed by atoms with Crippen molar-refractivity contribution in [2.24, 2.45) is 0 Å². The van der Waals surface area contributed by atoms with Gasteiger partial charge in [-0.05, 0) is 0 Å². The molecule has 0 aliphatic carbocycles. The normalized spacial score (nSPS) is 20.5. The van der Waals surface area contributed by atoms with Gasteiger partial charge in [-0.3, -0.25) is 0 Å². The van der Waals surface area contributed by atoms with Gasteiger partial charge < -0.3 is 5.43 Å². The van der Waals surface area contributed by atoms with Crippen LogP contribution in [0.2, 0.25) is 0 Å². The maximum absolute atomic E-state index is 4.78. The quantitative estimate of drug-likeness (QED) is 0.473. The number of hydrogen-bond donors (Lipinski definition) is 2. The Bertz CT molecular complexity index is 122. The fraction of sp³-hybridized carbons (Fsp3) is 0.800. The van der Waals surface area contributed by atoms with Crippen molar-refractivity contribution in [3.63, 3.8) is 0 Å². The van der Waals surface area contributed by atoms with Crippen LogP contribution in [0.3, 0.4) is 0 Å². The van der Waals surface area contributed by atoms with Crippen molar-refractivity contribution in [1.82, 2.24) is 10.4 Å². The molecule has 0 amide bonds. The van der Waals surface area contributed by atoms with Crippen LogP contribution in [0, 0.1) is 0 Å². The van der Waals surface area contributed by atoms with Gasteiger partial charge in [-0.15, -0.1) is 12.6 Å². The molecule has 2 nitrogen and oxygen atoms in total. The molecule has 1 aliphatic rings. The third kappa shape index (κ3) is 3.09. The molecule has 0 aromatic rings. The van der Waals surface area contributed by atoms with Crippen LogP contribution in [0.1, 0.15) is 0 Å². The molecule has 0 aromatic heterocycles. The molecular formula is C5H10N2S3. The summed E-state index contributed by atoms with van der Waals surface area (Å²) in [5, 5.41) is 2.10. The molecule has 0 aromatic carbocycles. The lowest BCUT2D eigenvalue weighted by atomic mass is 10.6. The summed E-state index contributed by atoms with van der Waals surface area (Å²) >= 11 is 10.7. The average molecular weight is 194 g/mol. The second kappa shape index (κ2) is 4.43. The number of nitrogens with one attached hydrogen (secondary N) is 1. The van der Waals surface area contributed by atoms with Crippen molar-refractivity contribution in [2.75, 3.05) is 24.6 Å². The first-order valence-corrected chi connectivity index (χ1v) is 5.12. The van der Waals surface area contributed by atoms with Gasteiger partial charge in [-0.2, -0.15) is 11.8 Å². The highest BCUT2D eigenvalue weighted by Gasteiger charge is 2.08. The fourth-order valence-corrected chi connectivity index (χ4v) is 1.98. The topological polar surface area (TPSA) is 15.3 Å². The second-order valence-corrected chi connectivity index (χ2v) is 4.40. The molecule has 10 heavy (non-hydrogen) atoms. The molecule has 1 heterocycles. The summed E-state index contributed by atoms with van der Waals surface area (Å²) in [5.74, 6) is 2.37. The molecule has 0 saturated carbocycles. The highest BCUT2D eigenvalue weighted by molar-refractivity contribution is 8.11. The molecule has 0 atom stereocenters. The Balaban J connectivity index is 2.19. The van der Waals surface area contributed by atoms with E-state index in [0.29, 0.717) is 4.32 Å². The minimum absolute atomic E-state index is 0.562. The molecule has 58 valence electrons. The van der Waals surface area contributed by atoms with Crippen LogP contribution in [0.5, 0.6) is 0 Å². The maximum atomic E-state index is 4.78. The van der Waals surface area contributed by atoms with Crippen molar-refractivity contribution in [1.29, 1.82) is 0 Å². The zero-order chi connectivity index (χ0) is 7.40. The van der Waals surface area contributed by atoms with Crippen LogP contribution < -0.4 is 5.43 Å². The first-order valence-electron chi connectivity index (χ1n) is 3.11. The lowest BCUT2D eigenvalue weighted by Crippen LogP contribution is -2.44. The Morgan fingerprint density at radius 3 is 2.60 bits per heavy atom. The van der Waals surface area contributed by atoms with Gasteiger partial charge in [0.15, 0.2) is 0 Å². The number of thioether (sulfide) groups is 1. The third-order valence-corrected chi connectivity index (χ3v) is 2.40. The first kappa shape index (κ1) is 8.64. The van der Waals surface area contributed by atoms with E-state index in [1.54, 1.807) is 0 Å². The van der Waals surface area contributed by atoms with Crippen LogP contribution >= 0.6 is 36.6 Å². The van der Waals surface area contributed by atoms with Gasteiger partial charge in [0.2, 0.25) is 0 Å². The largest absolute Gasteiger partial charge is 0.304 e. The number of hydrazine groups is 1. The summed E-state index contributed by atoms with van der Waals surface area (Å²) in [6.07, 6.45) is 0. The summed E-state index contributed by atoms with van der Waals surface area (Å²) < 4.78 is 0.562. The first-order chi connectivity index (χ1) is 4.79. The van der Waals surface area contributed by atoms with E-state index in [0.717, 1.165) is 13.1 Å². The number of rotatable bonds is 1. The van der Waals surface area contributed by atoms with E-state index in [9.17, 15) is 0 Å². The third-order valence-electron chi connectivity index (χ3n) is 1.26. The van der Waals surface area contributed by atoms with E-state index >= 15 is 0 Å². The minimum atomic E-state index is 0.562. The minimum Gasteiger partial charge on any atom is -0.304 e. The fourth-order valence-electron chi connectivity index (χ4n) is 0.810. The predicted molar refractivity (Wildman–Crippen MR) is 53.6 cm³/mol.